The fraction of sp³-hybridized carbons (Fsp3) is 0.294. The van der Waals surface area contributed by atoms with Gasteiger partial charge in [0.25, 0.3) is 0 Å². The number of hydrogen-bond donors (Lipinski definition) is 2. The Kier molecular flexibility index (Phi) is 5.19. The third kappa shape index (κ3) is 3.96. The zero-order chi connectivity index (χ0) is 19.6. The third-order valence-electron chi connectivity index (χ3n) is 3.97. The molecule has 0 aliphatic carbocycles. The summed E-state index contributed by atoms with van der Waals surface area (Å²) in [4.78, 5) is 6.21. The molecule has 0 spiro atoms. The molecule has 3 aromatic rings. The Labute approximate surface area is 152 Å². The number of aliphatic hydroxyl groups excluding tert-OH is 1. The molecule has 2 aromatic heterocycles. The Morgan fingerprint density at radius 2 is 1.93 bits per heavy atom. The van der Waals surface area contributed by atoms with Gasteiger partial charge in [0.15, 0.2) is 5.65 Å². The Hall–Kier alpha value is -2.85. The fourth-order valence-electron chi connectivity index (χ4n) is 2.80. The number of anilines is 1. The fourth-order valence-corrected chi connectivity index (χ4v) is 2.80. The second-order valence-corrected chi connectivity index (χ2v) is 5.78. The van der Waals surface area contributed by atoms with Crippen molar-refractivity contribution in [2.75, 3.05) is 25.1 Å². The summed E-state index contributed by atoms with van der Waals surface area (Å²) < 4.78 is 42.4. The number of nitrogens with two attached hydrogens (primary N) is 1. The van der Waals surface area contributed by atoms with E-state index in [1.807, 2.05) is 11.9 Å². The lowest BCUT2D eigenvalue weighted by Gasteiger charge is -2.19. The van der Waals surface area contributed by atoms with Crippen molar-refractivity contribution in [2.45, 2.75) is 12.9 Å². The van der Waals surface area contributed by atoms with Crippen LogP contribution in [0.5, 0.6) is 5.75 Å². The van der Waals surface area contributed by atoms with E-state index in [2.05, 4.69) is 14.8 Å². The molecule has 144 valence electrons. The Morgan fingerprint density at radius 1 is 1.22 bits per heavy atom. The molecule has 7 nitrogen and oxygen atoms in total. The molecule has 0 aliphatic heterocycles. The van der Waals surface area contributed by atoms with Crippen LogP contribution in [0.15, 0.2) is 36.5 Å². The minimum atomic E-state index is -4.75. The molecular weight excluding hydrogens is 363 g/mol. The highest BCUT2D eigenvalue weighted by molar-refractivity contribution is 5.92. The van der Waals surface area contributed by atoms with Crippen LogP contribution in [-0.2, 0) is 6.54 Å². The van der Waals surface area contributed by atoms with Crippen LogP contribution in [0, 0.1) is 0 Å². The molecule has 3 rings (SSSR count). The first-order valence-electron chi connectivity index (χ1n) is 8.09. The summed E-state index contributed by atoms with van der Waals surface area (Å²) in [7, 11) is 1.83. The predicted octanol–water partition coefficient (Wildman–Crippen LogP) is 2.21. The van der Waals surface area contributed by atoms with Gasteiger partial charge >= 0.3 is 6.36 Å². The lowest BCUT2D eigenvalue weighted by molar-refractivity contribution is -0.274. The van der Waals surface area contributed by atoms with Gasteiger partial charge in [-0.1, -0.05) is 0 Å². The molecule has 0 atom stereocenters. The number of aliphatic hydroxyl groups is 1. The lowest BCUT2D eigenvalue weighted by Crippen LogP contribution is -2.21. The van der Waals surface area contributed by atoms with Gasteiger partial charge in [0.2, 0.25) is 0 Å². The Balaban J connectivity index is 2.06. The van der Waals surface area contributed by atoms with Gasteiger partial charge in [-0.25, -0.2) is 9.67 Å². The van der Waals surface area contributed by atoms with E-state index >= 15 is 0 Å². The number of halogens is 3. The van der Waals surface area contributed by atoms with Crippen LogP contribution >= 0.6 is 0 Å². The Bertz CT molecular complexity index is 925. The van der Waals surface area contributed by atoms with Crippen LogP contribution in [0.25, 0.3) is 16.7 Å². The van der Waals surface area contributed by atoms with E-state index in [4.69, 9.17) is 5.73 Å². The van der Waals surface area contributed by atoms with Crippen LogP contribution in [0.2, 0.25) is 0 Å². The van der Waals surface area contributed by atoms with Gasteiger partial charge in [0, 0.05) is 26.3 Å². The summed E-state index contributed by atoms with van der Waals surface area (Å²) >= 11 is 0. The first-order valence-corrected chi connectivity index (χ1v) is 8.09. The molecule has 0 saturated carbocycles. The predicted molar refractivity (Wildman–Crippen MR) is 93.8 cm³/mol. The smallest absolute Gasteiger partial charge is 0.406 e. The van der Waals surface area contributed by atoms with Crippen molar-refractivity contribution < 1.29 is 23.0 Å². The number of likely N-dealkylation sites (N-methyl/N-ethyl adjacent to an activating group) is 1. The SMILES string of the molecule is CN(CCO)c1ccnc2c1c(CN)nn2-c1ccc(OC(F)(F)F)cc1. The number of alkyl halides is 3. The maximum atomic E-state index is 12.3. The van der Waals surface area contributed by atoms with Crippen molar-refractivity contribution in [3.05, 3.63) is 42.2 Å². The van der Waals surface area contributed by atoms with Crippen LogP contribution < -0.4 is 15.4 Å². The molecule has 0 fully saturated rings. The monoisotopic (exact) mass is 381 g/mol. The van der Waals surface area contributed by atoms with E-state index in [0.29, 0.717) is 23.6 Å². The second-order valence-electron chi connectivity index (χ2n) is 5.78. The topological polar surface area (TPSA) is 89.4 Å². The number of hydrogen-bond acceptors (Lipinski definition) is 6. The minimum Gasteiger partial charge on any atom is -0.406 e. The minimum absolute atomic E-state index is 0.0208. The standard InChI is InChI=1S/C17H18F3N5O2/c1-24(8-9-26)14-6-7-22-16-15(14)13(10-21)23-25(16)11-2-4-12(5-3-11)27-17(18,19)20/h2-7,26H,8-10,21H2,1H3. The summed E-state index contributed by atoms with van der Waals surface area (Å²) in [6.45, 7) is 0.551. The van der Waals surface area contributed by atoms with Crippen LogP contribution in [0.1, 0.15) is 5.69 Å². The van der Waals surface area contributed by atoms with E-state index in [9.17, 15) is 18.3 Å². The summed E-state index contributed by atoms with van der Waals surface area (Å²) in [5, 5.41) is 14.4. The molecule has 0 radical (unpaired) electrons. The van der Waals surface area contributed by atoms with Gasteiger partial charge in [-0.15, -0.1) is 13.2 Å². The molecule has 0 bridgehead atoms. The number of nitrogens with zero attached hydrogens (tertiary/aromatic N) is 4. The highest BCUT2D eigenvalue weighted by atomic mass is 19.4. The average molecular weight is 381 g/mol. The highest BCUT2D eigenvalue weighted by Gasteiger charge is 2.31. The van der Waals surface area contributed by atoms with Crippen molar-refractivity contribution in [1.82, 2.24) is 14.8 Å². The first-order chi connectivity index (χ1) is 12.8. The van der Waals surface area contributed by atoms with Gasteiger partial charge in [-0.3, -0.25) is 0 Å². The van der Waals surface area contributed by atoms with Gasteiger partial charge in [0.05, 0.1) is 29.1 Å². The molecule has 2 heterocycles. The Morgan fingerprint density at radius 3 is 2.52 bits per heavy atom. The van der Waals surface area contributed by atoms with Crippen LogP contribution in [-0.4, -0.2) is 46.4 Å². The quantitative estimate of drug-likeness (QED) is 0.681. The summed E-state index contributed by atoms with van der Waals surface area (Å²) in [6.07, 6.45) is -3.15. The number of fused-ring (bicyclic) bond motifs is 1. The van der Waals surface area contributed by atoms with Gasteiger partial charge < -0.3 is 20.5 Å². The largest absolute Gasteiger partial charge is 0.573 e. The zero-order valence-electron chi connectivity index (χ0n) is 14.4. The van der Waals surface area contributed by atoms with E-state index in [1.165, 1.54) is 28.9 Å². The molecule has 0 aliphatic rings. The first kappa shape index (κ1) is 18.9. The van der Waals surface area contributed by atoms with Gasteiger partial charge in [-0.2, -0.15) is 5.10 Å². The van der Waals surface area contributed by atoms with E-state index in [1.54, 1.807) is 12.3 Å². The molecule has 27 heavy (non-hydrogen) atoms. The molecule has 0 amide bonds. The zero-order valence-corrected chi connectivity index (χ0v) is 14.4. The molecule has 1 aromatic carbocycles. The normalized spacial score (nSPS) is 11.8. The maximum absolute atomic E-state index is 12.3. The van der Waals surface area contributed by atoms with Crippen molar-refractivity contribution in [1.29, 1.82) is 0 Å². The number of ether oxygens (including phenoxy) is 1. The molecule has 10 heteroatoms. The molecule has 0 unspecified atom stereocenters. The second kappa shape index (κ2) is 7.41. The van der Waals surface area contributed by atoms with Gasteiger partial charge in [0.1, 0.15) is 5.75 Å². The van der Waals surface area contributed by atoms with Crippen LogP contribution in [0.3, 0.4) is 0 Å². The van der Waals surface area contributed by atoms with E-state index < -0.39 is 6.36 Å². The maximum Gasteiger partial charge on any atom is 0.573 e. The van der Waals surface area contributed by atoms with Crippen molar-refractivity contribution in [2.24, 2.45) is 5.73 Å². The highest BCUT2D eigenvalue weighted by Crippen LogP contribution is 2.30. The van der Waals surface area contributed by atoms with Gasteiger partial charge in [-0.05, 0) is 30.3 Å². The number of aromatic nitrogens is 3. The van der Waals surface area contributed by atoms with E-state index in [-0.39, 0.29) is 18.9 Å². The summed E-state index contributed by atoms with van der Waals surface area (Å²) in [5.74, 6) is -0.321. The van der Waals surface area contributed by atoms with E-state index in [0.717, 1.165) is 11.1 Å². The third-order valence-corrected chi connectivity index (χ3v) is 3.97. The number of benzene rings is 1. The van der Waals surface area contributed by atoms with Crippen molar-refractivity contribution >= 4 is 16.7 Å². The van der Waals surface area contributed by atoms with Crippen molar-refractivity contribution in [3.8, 4) is 11.4 Å². The summed E-state index contributed by atoms with van der Waals surface area (Å²) in [6, 6.07) is 7.13. The number of rotatable bonds is 6. The molecule has 0 saturated heterocycles. The van der Waals surface area contributed by atoms with Crippen molar-refractivity contribution in [3.63, 3.8) is 0 Å². The lowest BCUT2D eigenvalue weighted by atomic mass is 10.2. The summed E-state index contributed by atoms with van der Waals surface area (Å²) in [5.41, 5.74) is 8.26. The number of pyridine rings is 1. The molecule has 3 N–H and O–H groups in total. The van der Waals surface area contributed by atoms with Crippen LogP contribution in [0.4, 0.5) is 18.9 Å². The average Bonchev–Trinajstić information content (AvgIpc) is 3.00. The molecular formula is C17H18F3N5O2.